The van der Waals surface area contributed by atoms with Gasteiger partial charge in [-0.2, -0.15) is 4.98 Å². The van der Waals surface area contributed by atoms with E-state index in [0.717, 1.165) is 50.7 Å². The number of ether oxygens (including phenoxy) is 2. The highest BCUT2D eigenvalue weighted by Crippen LogP contribution is 2.31. The first-order valence-corrected chi connectivity index (χ1v) is 12.8. The summed E-state index contributed by atoms with van der Waals surface area (Å²) in [6.07, 6.45) is 8.37. The second-order valence-electron chi connectivity index (χ2n) is 9.54. The van der Waals surface area contributed by atoms with E-state index in [2.05, 4.69) is 45.2 Å². The molecule has 0 amide bonds. The van der Waals surface area contributed by atoms with E-state index in [1.807, 2.05) is 24.4 Å². The van der Waals surface area contributed by atoms with Gasteiger partial charge in [-0.3, -0.25) is 4.98 Å². The molecule has 1 fully saturated rings. The Morgan fingerprint density at radius 1 is 0.971 bits per heavy atom. The first kappa shape index (κ1) is 22.1. The van der Waals surface area contributed by atoms with Crippen molar-refractivity contribution in [3.8, 4) is 5.88 Å². The third-order valence-electron chi connectivity index (χ3n) is 7.09. The molecule has 35 heavy (non-hydrogen) atoms. The van der Waals surface area contributed by atoms with Gasteiger partial charge in [0, 0.05) is 54.1 Å². The molecule has 0 bridgehead atoms. The number of nitrogens with zero attached hydrogens (tertiary/aromatic N) is 3. The smallest absolute Gasteiger partial charge is 0.215 e. The van der Waals surface area contributed by atoms with Gasteiger partial charge < -0.3 is 19.4 Å². The maximum absolute atomic E-state index is 6.14. The summed E-state index contributed by atoms with van der Waals surface area (Å²) in [5, 5.41) is 1.39. The van der Waals surface area contributed by atoms with Gasteiger partial charge in [0.25, 0.3) is 0 Å². The van der Waals surface area contributed by atoms with Gasteiger partial charge in [0.1, 0.15) is 5.82 Å². The van der Waals surface area contributed by atoms with Crippen LogP contribution >= 0.6 is 0 Å². The predicted octanol–water partition coefficient (Wildman–Crippen LogP) is 4.89. The number of aryl methyl sites for hydroxylation is 2. The van der Waals surface area contributed by atoms with Crippen LogP contribution in [0.15, 0.2) is 54.7 Å². The molecule has 3 aromatic heterocycles. The summed E-state index contributed by atoms with van der Waals surface area (Å²) in [4.78, 5) is 15.2. The number of hydrogen-bond acceptors (Lipinski definition) is 5. The van der Waals surface area contributed by atoms with E-state index >= 15 is 0 Å². The summed E-state index contributed by atoms with van der Waals surface area (Å²) in [5.74, 6) is 1.65. The van der Waals surface area contributed by atoms with Crippen LogP contribution in [-0.4, -0.2) is 47.9 Å². The molecule has 6 heteroatoms. The van der Waals surface area contributed by atoms with E-state index in [9.17, 15) is 0 Å². The number of aromatic nitrogens is 3. The van der Waals surface area contributed by atoms with Crippen LogP contribution in [0.5, 0.6) is 5.88 Å². The molecule has 1 aromatic carbocycles. The summed E-state index contributed by atoms with van der Waals surface area (Å²) in [6.45, 7) is 3.72. The molecule has 1 saturated heterocycles. The molecule has 6 rings (SSSR count). The average molecular weight is 469 g/mol. The molecule has 4 heterocycles. The lowest BCUT2D eigenvalue weighted by Crippen LogP contribution is -2.36. The van der Waals surface area contributed by atoms with Gasteiger partial charge in [0.15, 0.2) is 0 Å². The number of fused-ring (bicyclic) bond motifs is 3. The van der Waals surface area contributed by atoms with Gasteiger partial charge in [-0.05, 0) is 79.1 Å². The van der Waals surface area contributed by atoms with Crippen molar-refractivity contribution in [3.05, 3.63) is 82.8 Å². The first-order chi connectivity index (χ1) is 17.3. The Morgan fingerprint density at radius 2 is 1.89 bits per heavy atom. The van der Waals surface area contributed by atoms with Gasteiger partial charge >= 0.3 is 0 Å². The number of aromatic amines is 1. The lowest BCUT2D eigenvalue weighted by Gasteiger charge is -2.28. The van der Waals surface area contributed by atoms with Crippen molar-refractivity contribution in [3.63, 3.8) is 0 Å². The van der Waals surface area contributed by atoms with Crippen molar-refractivity contribution in [1.82, 2.24) is 15.0 Å². The molecule has 0 spiro atoms. The van der Waals surface area contributed by atoms with Crippen LogP contribution in [0.25, 0.3) is 10.9 Å². The fourth-order valence-electron chi connectivity index (χ4n) is 5.28. The van der Waals surface area contributed by atoms with Crippen LogP contribution in [0.1, 0.15) is 40.9 Å². The maximum Gasteiger partial charge on any atom is 0.215 e. The van der Waals surface area contributed by atoms with E-state index in [-0.39, 0.29) is 0 Å². The van der Waals surface area contributed by atoms with Gasteiger partial charge in [-0.15, -0.1) is 0 Å². The summed E-state index contributed by atoms with van der Waals surface area (Å²) >= 11 is 0. The van der Waals surface area contributed by atoms with Crippen LogP contribution in [0.3, 0.4) is 0 Å². The minimum absolute atomic E-state index is 0.553. The topological polar surface area (TPSA) is 63.3 Å². The minimum Gasteiger partial charge on any atom is -0.477 e. The highest BCUT2D eigenvalue weighted by molar-refractivity contribution is 5.85. The molecule has 180 valence electrons. The summed E-state index contributed by atoms with van der Waals surface area (Å²) < 4.78 is 11.7. The SMILES string of the molecule is c1ccc(CCOc2cc(Cc3ccc4[nH]c5c(c4c3)CCCC5)cc(N3CCOCC3)n2)nc1. The Bertz CT molecular complexity index is 1300. The molecular formula is C29H32N4O2. The fraction of sp³-hybridized carbons (Fsp3) is 0.379. The Balaban J connectivity index is 1.25. The summed E-state index contributed by atoms with van der Waals surface area (Å²) in [7, 11) is 0. The van der Waals surface area contributed by atoms with Crippen molar-refractivity contribution in [2.24, 2.45) is 0 Å². The number of H-pyrrole nitrogens is 1. The molecule has 1 N–H and O–H groups in total. The molecule has 1 aliphatic heterocycles. The molecule has 1 aliphatic carbocycles. The number of benzene rings is 1. The molecule has 6 nitrogen and oxygen atoms in total. The van der Waals surface area contributed by atoms with Crippen molar-refractivity contribution in [2.75, 3.05) is 37.8 Å². The minimum atomic E-state index is 0.553. The second kappa shape index (κ2) is 10.1. The zero-order valence-electron chi connectivity index (χ0n) is 20.1. The molecule has 0 unspecified atom stereocenters. The van der Waals surface area contributed by atoms with Crippen molar-refractivity contribution >= 4 is 16.7 Å². The normalized spacial score (nSPS) is 15.8. The molecule has 4 aromatic rings. The highest BCUT2D eigenvalue weighted by Gasteiger charge is 2.17. The van der Waals surface area contributed by atoms with Gasteiger partial charge in [-0.1, -0.05) is 12.1 Å². The Hall–Kier alpha value is -3.38. The van der Waals surface area contributed by atoms with Crippen LogP contribution in [0, 0.1) is 0 Å². The van der Waals surface area contributed by atoms with Crippen LogP contribution in [-0.2, 0) is 30.4 Å². The third kappa shape index (κ3) is 5.03. The van der Waals surface area contributed by atoms with Crippen molar-refractivity contribution in [1.29, 1.82) is 0 Å². The molecular weight excluding hydrogens is 436 g/mol. The van der Waals surface area contributed by atoms with E-state index in [4.69, 9.17) is 14.5 Å². The molecule has 0 atom stereocenters. The number of anilines is 1. The molecule has 2 aliphatic rings. The largest absolute Gasteiger partial charge is 0.477 e. The fourth-order valence-corrected chi connectivity index (χ4v) is 5.28. The van der Waals surface area contributed by atoms with Crippen molar-refractivity contribution in [2.45, 2.75) is 38.5 Å². The number of hydrogen-bond donors (Lipinski definition) is 1. The van der Waals surface area contributed by atoms with E-state index < -0.39 is 0 Å². The molecule has 0 saturated carbocycles. The molecule has 0 radical (unpaired) electrons. The summed E-state index contributed by atoms with van der Waals surface area (Å²) in [5.41, 5.74) is 7.80. The number of morpholine rings is 1. The number of pyridine rings is 2. The van der Waals surface area contributed by atoms with Crippen LogP contribution < -0.4 is 9.64 Å². The van der Waals surface area contributed by atoms with Gasteiger partial charge in [-0.25, -0.2) is 0 Å². The Morgan fingerprint density at radius 3 is 2.77 bits per heavy atom. The van der Waals surface area contributed by atoms with Crippen LogP contribution in [0.2, 0.25) is 0 Å². The van der Waals surface area contributed by atoms with E-state index in [1.165, 1.54) is 59.0 Å². The lowest BCUT2D eigenvalue weighted by molar-refractivity contribution is 0.122. The number of nitrogens with one attached hydrogen (secondary N) is 1. The quantitative estimate of drug-likeness (QED) is 0.419. The standard InChI is InChI=1S/C29H32N4O2/c1-2-7-26-24(6-1)25-18-21(8-9-27(25)31-26)17-22-19-28(33-12-15-34-16-13-33)32-29(20-22)35-14-10-23-5-3-4-11-30-23/h3-5,8-9,11,18-20,31H,1-2,6-7,10,12-17H2. The number of rotatable bonds is 7. The van der Waals surface area contributed by atoms with Crippen molar-refractivity contribution < 1.29 is 9.47 Å². The van der Waals surface area contributed by atoms with Gasteiger partial charge in [0.2, 0.25) is 5.88 Å². The van der Waals surface area contributed by atoms with E-state index in [1.54, 1.807) is 0 Å². The van der Waals surface area contributed by atoms with Gasteiger partial charge in [0.05, 0.1) is 19.8 Å². The average Bonchev–Trinajstić information content (AvgIpc) is 3.28. The predicted molar refractivity (Wildman–Crippen MR) is 138 cm³/mol. The van der Waals surface area contributed by atoms with E-state index in [0.29, 0.717) is 12.5 Å². The summed E-state index contributed by atoms with van der Waals surface area (Å²) in [6, 6.07) is 17.2. The second-order valence-corrected chi connectivity index (χ2v) is 9.54. The Labute approximate surface area is 206 Å². The Kier molecular flexibility index (Phi) is 6.37. The highest BCUT2D eigenvalue weighted by atomic mass is 16.5. The third-order valence-corrected chi connectivity index (χ3v) is 7.09. The first-order valence-electron chi connectivity index (χ1n) is 12.8. The lowest BCUT2D eigenvalue weighted by atomic mass is 9.94. The zero-order valence-corrected chi connectivity index (χ0v) is 20.1. The van der Waals surface area contributed by atoms with Crippen LogP contribution in [0.4, 0.5) is 5.82 Å². The maximum atomic E-state index is 6.14. The zero-order chi connectivity index (χ0) is 23.5. The monoisotopic (exact) mass is 468 g/mol.